The third-order valence-corrected chi connectivity index (χ3v) is 11.9. The number of rotatable bonds is 7. The topological polar surface area (TPSA) is 181 Å². The number of nitro benzene ring substituents is 2. The minimum Gasteiger partial charge on any atom is -0.505 e. The van der Waals surface area contributed by atoms with Gasteiger partial charge in [0.25, 0.3) is 0 Å². The summed E-state index contributed by atoms with van der Waals surface area (Å²) in [6.45, 7) is 0. The number of nitrogens with zero attached hydrogens (tertiary/aromatic N) is 4. The number of amides is 2. The van der Waals surface area contributed by atoms with Crippen molar-refractivity contribution < 1.29 is 38.5 Å². The van der Waals surface area contributed by atoms with E-state index in [9.17, 15) is 34.9 Å². The smallest absolute Gasteiger partial charge is 0.301 e. The summed E-state index contributed by atoms with van der Waals surface area (Å²) in [4.78, 5) is 83.9. The second-order valence-electron chi connectivity index (χ2n) is 14.7. The number of imide groups is 1. The molecule has 0 radical (unpaired) electrons. The first-order valence-electron chi connectivity index (χ1n) is 17.9. The Bertz CT molecular complexity index is 2430. The molecule has 4 aromatic carbocycles. The number of hydrogen-bond donors (Lipinski definition) is 1. The third kappa shape index (κ3) is 5.12. The maximum atomic E-state index is 15.4. The van der Waals surface area contributed by atoms with E-state index < -0.39 is 91.2 Å². The van der Waals surface area contributed by atoms with Gasteiger partial charge in [0.15, 0.2) is 28.8 Å². The molecule has 13 nitrogen and oxygen atoms in total. The van der Waals surface area contributed by atoms with Crippen LogP contribution < -0.4 is 9.80 Å². The van der Waals surface area contributed by atoms with Gasteiger partial charge in [-0.1, -0.05) is 84.4 Å². The Hall–Kier alpha value is -6.83. The molecule has 14 heteroatoms. The Morgan fingerprint density at radius 2 is 1.46 bits per heavy atom. The van der Waals surface area contributed by atoms with Crippen LogP contribution in [-0.2, 0) is 24.6 Å². The van der Waals surface area contributed by atoms with Crippen LogP contribution in [0.25, 0.3) is 5.57 Å². The second-order valence-corrected chi connectivity index (χ2v) is 14.7. The van der Waals surface area contributed by atoms with Crippen LogP contribution in [0.15, 0.2) is 109 Å². The number of phenols is 1. The van der Waals surface area contributed by atoms with E-state index >= 15 is 14.0 Å². The molecule has 4 aliphatic rings. The molecule has 2 amide bonds. The lowest BCUT2D eigenvalue weighted by atomic mass is 9.44. The molecule has 4 aromatic rings. The molecule has 8 rings (SSSR count). The van der Waals surface area contributed by atoms with Crippen LogP contribution in [0.4, 0.5) is 27.1 Å². The van der Waals surface area contributed by atoms with Crippen LogP contribution in [-0.4, -0.2) is 52.4 Å². The Balaban J connectivity index is 1.34. The summed E-state index contributed by atoms with van der Waals surface area (Å²) >= 11 is 0. The van der Waals surface area contributed by atoms with E-state index in [4.69, 9.17) is 0 Å². The van der Waals surface area contributed by atoms with E-state index in [2.05, 4.69) is 0 Å². The molecule has 1 heterocycles. The monoisotopic (exact) mass is 756 g/mol. The summed E-state index contributed by atoms with van der Waals surface area (Å²) < 4.78 is 15.4. The van der Waals surface area contributed by atoms with Crippen LogP contribution in [0.1, 0.15) is 35.4 Å². The fraction of sp³-hybridized carbons (Fsp3) is 0.238. The number of carbonyl (C=O) groups is 4. The van der Waals surface area contributed by atoms with Gasteiger partial charge in [-0.2, -0.15) is 0 Å². The third-order valence-electron chi connectivity index (χ3n) is 11.9. The fourth-order valence-corrected chi connectivity index (χ4v) is 9.69. The highest BCUT2D eigenvalue weighted by Crippen LogP contribution is 2.64. The minimum atomic E-state index is -1.72. The normalized spacial score (nSPS) is 25.5. The predicted molar refractivity (Wildman–Crippen MR) is 201 cm³/mol. The molecule has 1 N–H and O–H groups in total. The van der Waals surface area contributed by atoms with Gasteiger partial charge in [-0.15, -0.1) is 0 Å². The lowest BCUT2D eigenvalue weighted by Crippen LogP contribution is -2.58. The highest BCUT2D eigenvalue weighted by Gasteiger charge is 2.66. The first-order valence-corrected chi connectivity index (χ1v) is 17.9. The maximum absolute atomic E-state index is 15.4. The fourth-order valence-electron chi connectivity index (χ4n) is 9.69. The Morgan fingerprint density at radius 1 is 0.839 bits per heavy atom. The molecule has 1 aliphatic heterocycles. The molecule has 0 spiro atoms. The first kappa shape index (κ1) is 36.2. The molecule has 1 saturated carbocycles. The van der Waals surface area contributed by atoms with Gasteiger partial charge < -0.3 is 10.0 Å². The summed E-state index contributed by atoms with van der Waals surface area (Å²) in [6, 6.07) is 23.1. The van der Waals surface area contributed by atoms with Crippen molar-refractivity contribution in [1.29, 1.82) is 0 Å². The van der Waals surface area contributed by atoms with E-state index in [-0.39, 0.29) is 35.4 Å². The predicted octanol–water partition coefficient (Wildman–Crippen LogP) is 6.44. The second kappa shape index (κ2) is 13.2. The zero-order valence-corrected chi connectivity index (χ0v) is 30.0. The highest BCUT2D eigenvalue weighted by atomic mass is 19.1. The first-order chi connectivity index (χ1) is 26.8. The number of anilines is 2. The van der Waals surface area contributed by atoms with Crippen molar-refractivity contribution in [3.05, 3.63) is 151 Å². The number of allylic oxidation sites excluding steroid dienone is 4. The summed E-state index contributed by atoms with van der Waals surface area (Å²) in [7, 11) is 2.79. The van der Waals surface area contributed by atoms with Gasteiger partial charge >= 0.3 is 11.4 Å². The van der Waals surface area contributed by atoms with Crippen LogP contribution >= 0.6 is 0 Å². The highest BCUT2D eigenvalue weighted by molar-refractivity contribution is 6.32. The van der Waals surface area contributed by atoms with Gasteiger partial charge in [0.05, 0.1) is 32.8 Å². The zero-order valence-electron chi connectivity index (χ0n) is 30.0. The molecular formula is C42H33FN4O9. The van der Waals surface area contributed by atoms with Crippen molar-refractivity contribution in [3.63, 3.8) is 0 Å². The molecule has 0 bridgehead atoms. The number of ketones is 2. The lowest BCUT2D eigenvalue weighted by Gasteiger charge is -2.55. The number of Topliss-reactive ketones (excluding diaryl/α,β-unsaturated/α-hetero) is 1. The SMILES string of the molecule is CN(C)c1c([N+](=O)[O-])cc(N2C(=O)C3CC=C4C(CC5C(=O)C(c6ccccc6)=CC(=O)C5(c5ccccc5)C4c4cccc(F)c4O)C3C2=O)cc1[N+](=O)[O-]. The molecule has 0 aromatic heterocycles. The largest absolute Gasteiger partial charge is 0.505 e. The molecule has 1 saturated heterocycles. The van der Waals surface area contributed by atoms with Gasteiger partial charge in [-0.05, 0) is 42.0 Å². The molecule has 2 fully saturated rings. The molecule has 6 unspecified atom stereocenters. The van der Waals surface area contributed by atoms with Crippen molar-refractivity contribution >= 4 is 51.7 Å². The van der Waals surface area contributed by atoms with Gasteiger partial charge in [0.2, 0.25) is 11.8 Å². The maximum Gasteiger partial charge on any atom is 0.301 e. The van der Waals surface area contributed by atoms with Crippen molar-refractivity contribution in [2.45, 2.75) is 24.2 Å². The Morgan fingerprint density at radius 3 is 2.07 bits per heavy atom. The summed E-state index contributed by atoms with van der Waals surface area (Å²) in [5.74, 6) is -9.58. The Labute approximate surface area is 318 Å². The summed E-state index contributed by atoms with van der Waals surface area (Å²) in [5, 5.41) is 35.8. The number of aromatic hydroxyl groups is 1. The number of benzene rings is 4. The minimum absolute atomic E-state index is 0.0186. The molecule has 3 aliphatic carbocycles. The quantitative estimate of drug-likeness (QED) is 0.0954. The van der Waals surface area contributed by atoms with Gasteiger partial charge in [-0.3, -0.25) is 39.4 Å². The standard InChI is InChI=1S/C42H33FN4O9/c1-44(2)37-32(46(53)54)18-24(19-33(37)47(55)56)45-40(51)26-17-16-25-29(35(26)41(45)52)20-30-38(49)28(22-10-5-3-6-11-22)21-34(48)42(30,23-12-7-4-8-13-23)36(25)27-14-9-15-31(43)39(27)50/h3-16,18-19,21,26,29-30,35-36,50H,17,20H2,1-2H3. The number of para-hydroxylation sites is 1. The molecule has 282 valence electrons. The van der Waals surface area contributed by atoms with Crippen molar-refractivity contribution in [3.8, 4) is 5.75 Å². The van der Waals surface area contributed by atoms with E-state index in [1.807, 2.05) is 0 Å². The average molecular weight is 757 g/mol. The average Bonchev–Trinajstić information content (AvgIpc) is 3.45. The number of nitro groups is 2. The molecule has 56 heavy (non-hydrogen) atoms. The lowest BCUT2D eigenvalue weighted by molar-refractivity contribution is -0.392. The summed E-state index contributed by atoms with van der Waals surface area (Å²) in [6.07, 6.45) is 2.87. The molecular weight excluding hydrogens is 723 g/mol. The Kier molecular flexibility index (Phi) is 8.51. The van der Waals surface area contributed by atoms with Gasteiger partial charge in [-0.25, -0.2) is 9.29 Å². The number of carbonyl (C=O) groups excluding carboxylic acids is 4. The zero-order chi connectivity index (χ0) is 39.8. The van der Waals surface area contributed by atoms with Gasteiger partial charge in [0, 0.05) is 49.2 Å². The van der Waals surface area contributed by atoms with Crippen molar-refractivity contribution in [2.24, 2.45) is 23.7 Å². The van der Waals surface area contributed by atoms with Crippen molar-refractivity contribution in [2.75, 3.05) is 23.9 Å². The molecule has 6 atom stereocenters. The van der Waals surface area contributed by atoms with Crippen LogP contribution in [0, 0.1) is 49.7 Å². The number of hydrogen-bond acceptors (Lipinski definition) is 10. The van der Waals surface area contributed by atoms with E-state index in [0.717, 1.165) is 23.1 Å². The van der Waals surface area contributed by atoms with Crippen LogP contribution in [0.2, 0.25) is 0 Å². The number of phenolic OH excluding ortho intramolecular Hbond substituents is 1. The van der Waals surface area contributed by atoms with E-state index in [0.29, 0.717) is 16.7 Å². The van der Waals surface area contributed by atoms with Crippen LogP contribution in [0.3, 0.4) is 0 Å². The van der Waals surface area contributed by atoms with E-state index in [1.54, 1.807) is 66.7 Å². The summed E-state index contributed by atoms with van der Waals surface area (Å²) in [5.41, 5.74) is -2.23. The van der Waals surface area contributed by atoms with Crippen molar-refractivity contribution in [1.82, 2.24) is 0 Å². The number of fused-ring (bicyclic) bond motifs is 4. The van der Waals surface area contributed by atoms with E-state index in [1.165, 1.54) is 37.2 Å². The number of halogens is 1. The van der Waals surface area contributed by atoms with Crippen LogP contribution in [0.5, 0.6) is 5.75 Å². The van der Waals surface area contributed by atoms with Gasteiger partial charge in [0.1, 0.15) is 0 Å².